The molecule has 0 saturated carbocycles. The Balaban J connectivity index is 2.01. The van der Waals surface area contributed by atoms with E-state index in [1.54, 1.807) is 6.92 Å². The third-order valence-corrected chi connectivity index (χ3v) is 3.28. The highest BCUT2D eigenvalue weighted by Gasteiger charge is 2.08. The van der Waals surface area contributed by atoms with Gasteiger partial charge >= 0.3 is 5.97 Å². The number of allylic oxidation sites excluding steroid dienone is 2. The molecule has 1 atom stereocenters. The van der Waals surface area contributed by atoms with E-state index in [-0.39, 0.29) is 5.92 Å². The van der Waals surface area contributed by atoms with Crippen LogP contribution in [0.3, 0.4) is 0 Å². The molecular weight excluding hydrogens is 236 g/mol. The minimum absolute atomic E-state index is 0.216. The normalized spacial score (nSPS) is 12.7. The van der Waals surface area contributed by atoms with E-state index in [2.05, 4.69) is 36.4 Å². The quantitative estimate of drug-likeness (QED) is 0.526. The first-order valence-electron chi connectivity index (χ1n) is 7.12. The zero-order valence-electron chi connectivity index (χ0n) is 11.7. The van der Waals surface area contributed by atoms with E-state index < -0.39 is 5.97 Å². The van der Waals surface area contributed by atoms with E-state index in [1.807, 2.05) is 6.07 Å². The summed E-state index contributed by atoms with van der Waals surface area (Å²) in [6.45, 7) is 1.77. The summed E-state index contributed by atoms with van der Waals surface area (Å²) in [5, 5.41) is 8.74. The van der Waals surface area contributed by atoms with Gasteiger partial charge in [-0.05, 0) is 44.1 Å². The number of aliphatic carboxylic acids is 1. The average molecular weight is 260 g/mol. The van der Waals surface area contributed by atoms with Crippen molar-refractivity contribution in [2.24, 2.45) is 5.92 Å². The fraction of sp³-hybridized carbons (Fsp3) is 0.471. The van der Waals surface area contributed by atoms with Gasteiger partial charge in [-0.15, -0.1) is 0 Å². The number of aryl methyl sites for hydroxylation is 1. The van der Waals surface area contributed by atoms with Crippen LogP contribution in [-0.2, 0) is 11.2 Å². The second-order valence-electron chi connectivity index (χ2n) is 5.02. The van der Waals surface area contributed by atoms with Crippen molar-refractivity contribution in [3.8, 4) is 0 Å². The molecule has 1 aromatic rings. The Hall–Kier alpha value is -1.57. The van der Waals surface area contributed by atoms with Crippen molar-refractivity contribution in [1.29, 1.82) is 0 Å². The first-order valence-corrected chi connectivity index (χ1v) is 7.12. The maximum absolute atomic E-state index is 10.6. The molecule has 0 heterocycles. The maximum atomic E-state index is 10.6. The number of unbranched alkanes of at least 4 members (excludes halogenated alkanes) is 2. The summed E-state index contributed by atoms with van der Waals surface area (Å²) in [6.07, 6.45) is 10.5. The second kappa shape index (κ2) is 9.37. The standard InChI is InChI=1S/C17H24O2/c1-15(17(18)19)11-7-4-2-3-5-8-12-16-13-9-6-10-14-16/h2-3,6,9-10,13-15H,4-5,7-8,11-12H2,1H3,(H,18,19)/b3-2+. The largest absolute Gasteiger partial charge is 0.481 e. The SMILES string of the molecule is CC(CCC/C=C/CCCc1ccccc1)C(=O)O. The smallest absolute Gasteiger partial charge is 0.306 e. The molecule has 0 fully saturated rings. The molecule has 1 N–H and O–H groups in total. The van der Waals surface area contributed by atoms with Gasteiger partial charge < -0.3 is 5.11 Å². The van der Waals surface area contributed by atoms with Gasteiger partial charge in [0.15, 0.2) is 0 Å². The number of hydrogen-bond acceptors (Lipinski definition) is 1. The van der Waals surface area contributed by atoms with Crippen molar-refractivity contribution in [2.75, 3.05) is 0 Å². The number of carbonyl (C=O) groups is 1. The molecule has 0 aliphatic heterocycles. The molecule has 0 bridgehead atoms. The Morgan fingerprint density at radius 1 is 1.16 bits per heavy atom. The van der Waals surface area contributed by atoms with Crippen LogP contribution >= 0.6 is 0 Å². The van der Waals surface area contributed by atoms with Gasteiger partial charge in [-0.3, -0.25) is 4.79 Å². The lowest BCUT2D eigenvalue weighted by Crippen LogP contribution is -2.08. The highest BCUT2D eigenvalue weighted by molar-refractivity contribution is 5.69. The first-order chi connectivity index (χ1) is 9.20. The molecule has 104 valence electrons. The Kier molecular flexibility index (Phi) is 7.64. The van der Waals surface area contributed by atoms with E-state index in [1.165, 1.54) is 12.0 Å². The number of carboxylic acid groups (broad SMARTS) is 1. The molecule has 1 rings (SSSR count). The summed E-state index contributed by atoms with van der Waals surface area (Å²) in [7, 11) is 0. The predicted molar refractivity (Wildman–Crippen MR) is 79.2 cm³/mol. The number of carboxylic acids is 1. The Bertz CT molecular complexity index is 382. The summed E-state index contributed by atoms with van der Waals surface area (Å²) in [5.74, 6) is -0.904. The van der Waals surface area contributed by atoms with Gasteiger partial charge in [0, 0.05) is 0 Å². The van der Waals surface area contributed by atoms with Gasteiger partial charge in [-0.25, -0.2) is 0 Å². The molecule has 0 aromatic heterocycles. The molecule has 2 nitrogen and oxygen atoms in total. The third kappa shape index (κ3) is 7.45. The lowest BCUT2D eigenvalue weighted by molar-refractivity contribution is -0.141. The summed E-state index contributed by atoms with van der Waals surface area (Å²) in [5.41, 5.74) is 1.39. The monoisotopic (exact) mass is 260 g/mol. The highest BCUT2D eigenvalue weighted by atomic mass is 16.4. The molecule has 0 aliphatic rings. The molecule has 2 heteroatoms. The Morgan fingerprint density at radius 3 is 2.42 bits per heavy atom. The fourth-order valence-corrected chi connectivity index (χ4v) is 1.97. The van der Waals surface area contributed by atoms with Crippen molar-refractivity contribution in [3.05, 3.63) is 48.0 Å². The minimum Gasteiger partial charge on any atom is -0.481 e. The summed E-state index contributed by atoms with van der Waals surface area (Å²) in [4.78, 5) is 10.6. The van der Waals surface area contributed by atoms with Crippen LogP contribution in [0.2, 0.25) is 0 Å². The minimum atomic E-state index is -0.688. The van der Waals surface area contributed by atoms with Gasteiger partial charge in [0.05, 0.1) is 5.92 Å². The average Bonchev–Trinajstić information content (AvgIpc) is 2.42. The van der Waals surface area contributed by atoms with Crippen molar-refractivity contribution in [1.82, 2.24) is 0 Å². The van der Waals surface area contributed by atoms with Crippen molar-refractivity contribution >= 4 is 5.97 Å². The van der Waals surface area contributed by atoms with Crippen LogP contribution in [0.15, 0.2) is 42.5 Å². The van der Waals surface area contributed by atoms with Crippen molar-refractivity contribution < 1.29 is 9.90 Å². The van der Waals surface area contributed by atoms with E-state index in [4.69, 9.17) is 5.11 Å². The van der Waals surface area contributed by atoms with Crippen LogP contribution in [0.5, 0.6) is 0 Å². The topological polar surface area (TPSA) is 37.3 Å². The molecule has 19 heavy (non-hydrogen) atoms. The molecule has 0 amide bonds. The first kappa shape index (κ1) is 15.5. The van der Waals surface area contributed by atoms with Crippen LogP contribution in [-0.4, -0.2) is 11.1 Å². The number of hydrogen-bond donors (Lipinski definition) is 1. The molecular formula is C17H24O2. The Morgan fingerprint density at radius 2 is 1.79 bits per heavy atom. The Labute approximate surface area is 116 Å². The van der Waals surface area contributed by atoms with Crippen LogP contribution in [0, 0.1) is 5.92 Å². The maximum Gasteiger partial charge on any atom is 0.306 e. The lowest BCUT2D eigenvalue weighted by atomic mass is 10.0. The van der Waals surface area contributed by atoms with E-state index in [0.29, 0.717) is 0 Å². The number of benzene rings is 1. The summed E-state index contributed by atoms with van der Waals surface area (Å²) >= 11 is 0. The van der Waals surface area contributed by atoms with Crippen LogP contribution < -0.4 is 0 Å². The van der Waals surface area contributed by atoms with Gasteiger partial charge in [0.1, 0.15) is 0 Å². The van der Waals surface area contributed by atoms with Crippen LogP contribution in [0.25, 0.3) is 0 Å². The second-order valence-corrected chi connectivity index (χ2v) is 5.02. The van der Waals surface area contributed by atoms with Gasteiger partial charge in [-0.1, -0.05) is 49.4 Å². The van der Waals surface area contributed by atoms with Gasteiger partial charge in [-0.2, -0.15) is 0 Å². The zero-order chi connectivity index (χ0) is 13.9. The molecule has 0 saturated heterocycles. The molecule has 1 aromatic carbocycles. The molecule has 0 spiro atoms. The van der Waals surface area contributed by atoms with E-state index in [0.717, 1.165) is 32.1 Å². The van der Waals surface area contributed by atoms with Crippen molar-refractivity contribution in [3.63, 3.8) is 0 Å². The molecule has 0 aliphatic carbocycles. The zero-order valence-corrected chi connectivity index (χ0v) is 11.7. The van der Waals surface area contributed by atoms with Gasteiger partial charge in [0.25, 0.3) is 0 Å². The van der Waals surface area contributed by atoms with E-state index >= 15 is 0 Å². The number of rotatable bonds is 9. The molecule has 1 unspecified atom stereocenters. The van der Waals surface area contributed by atoms with Crippen LogP contribution in [0.1, 0.15) is 44.6 Å². The molecule has 0 radical (unpaired) electrons. The van der Waals surface area contributed by atoms with Crippen LogP contribution in [0.4, 0.5) is 0 Å². The highest BCUT2D eigenvalue weighted by Crippen LogP contribution is 2.09. The van der Waals surface area contributed by atoms with E-state index in [9.17, 15) is 4.79 Å². The third-order valence-electron chi connectivity index (χ3n) is 3.28. The lowest BCUT2D eigenvalue weighted by Gasteiger charge is -2.03. The van der Waals surface area contributed by atoms with Crippen molar-refractivity contribution in [2.45, 2.75) is 45.4 Å². The summed E-state index contributed by atoms with van der Waals surface area (Å²) < 4.78 is 0. The summed E-state index contributed by atoms with van der Waals surface area (Å²) in [6, 6.07) is 10.5. The fourth-order valence-electron chi connectivity index (χ4n) is 1.97. The predicted octanol–water partition coefficient (Wildman–Crippen LogP) is 4.46. The van der Waals surface area contributed by atoms with Gasteiger partial charge in [0.2, 0.25) is 0 Å².